The van der Waals surface area contributed by atoms with Crippen molar-refractivity contribution in [3.05, 3.63) is 385 Å². The lowest BCUT2D eigenvalue weighted by atomic mass is 9.99. The number of alkyl halides is 1. The number of phenols is 5. The molecule has 8 N–H and O–H groups in total. The summed E-state index contributed by atoms with van der Waals surface area (Å²) in [5, 5.41) is 77.9. The Kier molecular flexibility index (Phi) is 42.2. The van der Waals surface area contributed by atoms with E-state index in [9.17, 15) is 74.0 Å². The molecule has 13 aromatic carbocycles. The van der Waals surface area contributed by atoms with Gasteiger partial charge in [0.2, 0.25) is 6.29 Å². The Morgan fingerprint density at radius 2 is 0.664 bits per heavy atom. The van der Waals surface area contributed by atoms with E-state index in [4.69, 9.17) is 47.4 Å². The maximum Gasteiger partial charge on any atom is 0.229 e. The molecule has 0 amide bonds. The molecule has 14 rings (SSSR count). The van der Waals surface area contributed by atoms with E-state index in [0.717, 1.165) is 79.2 Å². The van der Waals surface area contributed by atoms with Gasteiger partial charge in [0.25, 0.3) is 0 Å². The third kappa shape index (κ3) is 32.7. The largest absolute Gasteiger partial charge is 0.507 e. The molecule has 1 aliphatic rings. The van der Waals surface area contributed by atoms with Gasteiger partial charge in [-0.2, -0.15) is 0 Å². The summed E-state index contributed by atoms with van der Waals surface area (Å²) in [6.45, 7) is 12.7. The summed E-state index contributed by atoms with van der Waals surface area (Å²) in [5.41, 5.74) is 12.3. The van der Waals surface area contributed by atoms with Crippen LogP contribution in [0, 0.1) is 34.6 Å². The SMILES string of the molecule is C.CC(=O)c1c(O)cc(C)cc1O.CC(=O)c1c(OCc2ccccc2)cc(C)cc1OCc1ccccc1.COc1ccc(/C=C/C(=O)c2c(OCc3ccccc3)cc(C)cc2OCc2ccccc2)cc1.COc1ccc(C=O)cc1.COc1ccc(CCC(=O)c2c(O)cc(C)cc2O)cc1.COc1ccc(CCC(=O)c2c(O)cc(C)cc2OC2OC(CO)C(F)C(O)C2O)cc1. The van der Waals surface area contributed by atoms with Crippen LogP contribution in [-0.4, -0.2) is 142 Å². The third-order valence-electron chi connectivity index (χ3n) is 21.0. The van der Waals surface area contributed by atoms with Crippen LogP contribution in [0.2, 0.25) is 0 Å². The van der Waals surface area contributed by atoms with Crippen LogP contribution >= 0.6 is 0 Å². The van der Waals surface area contributed by atoms with Crippen LogP contribution in [0.1, 0.15) is 163 Å². The number of aryl methyl sites for hydroxylation is 7. The van der Waals surface area contributed by atoms with E-state index in [1.807, 2.05) is 220 Å². The Bertz CT molecular complexity index is 5920. The van der Waals surface area contributed by atoms with Crippen LogP contribution < -0.4 is 42.6 Å². The van der Waals surface area contributed by atoms with Gasteiger partial charge >= 0.3 is 0 Å². The second-order valence-electron chi connectivity index (χ2n) is 31.7. The number of carbonyl (C=O) groups is 6. The highest BCUT2D eigenvalue weighted by atomic mass is 19.1. The van der Waals surface area contributed by atoms with E-state index in [1.54, 1.807) is 97.8 Å². The highest BCUT2D eigenvalue weighted by Gasteiger charge is 2.46. The minimum Gasteiger partial charge on any atom is -0.507 e. The summed E-state index contributed by atoms with van der Waals surface area (Å²) in [4.78, 5) is 71.8. The zero-order chi connectivity index (χ0) is 98.3. The Labute approximate surface area is 797 Å². The fraction of sp³-hybridized carbons (Fsp3) is 0.232. The molecule has 13 aromatic rings. The number of aromatic hydroxyl groups is 5. The molecule has 0 radical (unpaired) electrons. The first-order valence-electron chi connectivity index (χ1n) is 43.5. The number of hydrogen-bond donors (Lipinski definition) is 8. The topological polar surface area (TPSA) is 357 Å². The molecule has 0 saturated carbocycles. The van der Waals surface area contributed by atoms with E-state index >= 15 is 0 Å². The van der Waals surface area contributed by atoms with E-state index in [-0.39, 0.29) is 94.6 Å². The van der Waals surface area contributed by atoms with Gasteiger partial charge in [0, 0.05) is 18.4 Å². The predicted molar refractivity (Wildman–Crippen MR) is 523 cm³/mol. The maximum absolute atomic E-state index is 14.0. The normalized spacial score (nSPS) is 13.8. The maximum atomic E-state index is 14.0. The molecule has 1 fully saturated rings. The van der Waals surface area contributed by atoms with E-state index in [2.05, 4.69) is 0 Å². The number of methoxy groups -OCH3 is 4. The van der Waals surface area contributed by atoms with Crippen LogP contribution in [0.15, 0.2) is 285 Å². The van der Waals surface area contributed by atoms with E-state index in [1.165, 1.54) is 50.2 Å². The molecule has 5 atom stereocenters. The number of ether oxygens (including phenoxy) is 10. The number of aldehydes is 1. The number of aliphatic hydroxyl groups excluding tert-OH is 3. The molecular formula is C112H117FO24. The van der Waals surface area contributed by atoms with E-state index < -0.39 is 43.2 Å². The lowest BCUT2D eigenvalue weighted by Gasteiger charge is -2.38. The van der Waals surface area contributed by atoms with Crippen molar-refractivity contribution in [1.29, 1.82) is 0 Å². The summed E-state index contributed by atoms with van der Waals surface area (Å²) < 4.78 is 69.3. The third-order valence-corrected chi connectivity index (χ3v) is 21.0. The van der Waals surface area contributed by atoms with Crippen molar-refractivity contribution in [1.82, 2.24) is 0 Å². The Balaban J connectivity index is 0.000000210. The monoisotopic (exact) mass is 1860 g/mol. The molecule has 1 heterocycles. The quantitative estimate of drug-likeness (QED) is 0.0108. The van der Waals surface area contributed by atoms with Gasteiger partial charge in [0.15, 0.2) is 35.1 Å². The Morgan fingerprint density at radius 3 is 1.00 bits per heavy atom. The number of hydrogen-bond acceptors (Lipinski definition) is 24. The van der Waals surface area contributed by atoms with Gasteiger partial charge in [-0.3, -0.25) is 28.8 Å². The van der Waals surface area contributed by atoms with Gasteiger partial charge in [-0.05, 0) is 255 Å². The summed E-state index contributed by atoms with van der Waals surface area (Å²) >= 11 is 0. The average molecular weight is 1870 g/mol. The number of allylic oxidation sites excluding steroid dienone is 1. The van der Waals surface area contributed by atoms with E-state index in [0.29, 0.717) is 95.8 Å². The molecule has 24 nitrogen and oxygen atoms in total. The summed E-state index contributed by atoms with van der Waals surface area (Å²) in [6.07, 6.45) is -3.24. The van der Waals surface area contributed by atoms with Crippen molar-refractivity contribution < 1.29 is 121 Å². The molecule has 716 valence electrons. The van der Waals surface area contributed by atoms with Gasteiger partial charge in [-0.1, -0.05) is 171 Å². The first kappa shape index (κ1) is 107. The first-order chi connectivity index (χ1) is 65.4. The Morgan fingerprint density at radius 1 is 0.365 bits per heavy atom. The number of halogens is 1. The van der Waals surface area contributed by atoms with Gasteiger partial charge in [-0.25, -0.2) is 4.39 Å². The van der Waals surface area contributed by atoms with Crippen molar-refractivity contribution in [3.63, 3.8) is 0 Å². The molecule has 137 heavy (non-hydrogen) atoms. The summed E-state index contributed by atoms with van der Waals surface area (Å²) in [5.74, 6) is 2.74. The number of Topliss-reactive ketones (excluding diaryl/α,β-unsaturated/α-hetero) is 4. The Hall–Kier alpha value is -15.4. The smallest absolute Gasteiger partial charge is 0.229 e. The number of ketones is 5. The fourth-order valence-electron chi connectivity index (χ4n) is 13.9. The summed E-state index contributed by atoms with van der Waals surface area (Å²) in [6, 6.07) is 84.9. The standard InChI is InChI=1S/C31H28O4.C23H27FO8.C23H22O3.C17H18O4.C9H10O3.C8H8O2.CH4/c1-23-19-29(34-21-25-9-5-3-6-10-25)31(30(20-23)35-22-26-11-7-4-8-12-26)28(32)18-15-24-13-16-27(33-2)17-14-24;1-12-9-16(27)19(15(26)8-5-13-3-6-14(30-2)7-4-13)17(10-12)31-23-22(29)21(28)20(24)18(11-25)32-23;1-17-13-21(25-15-19-9-5-3-6-10-19)23(18(2)24)22(14-17)26-16-20-11-7-4-8-12-20;1-11-9-15(19)17(16(20)10-11)14(18)8-5-12-3-6-13(21-2)7-4-12;1-5-3-7(11)9(6(2)10)8(12)4-5;1-10-8-4-2-7(6-9)3-5-8;/h3-20H,21-22H2,1-2H3;3-4,6-7,9-10,18,20-23,25,27-29H,5,8,11H2,1-2H3;3-14H,15-16H2,1-2H3;3-4,6-7,9-10,19-20H,5,8H2,1-2H3;3-4,11-12H,1-2H3;2-6H,1H3;1H4/b18-15+;;;;;;. The van der Waals surface area contributed by atoms with Crippen LogP contribution in [0.3, 0.4) is 0 Å². The molecule has 5 unspecified atom stereocenters. The van der Waals surface area contributed by atoms with Crippen LogP contribution in [-0.2, 0) is 44.0 Å². The molecular weight excluding hydrogens is 1750 g/mol. The second-order valence-corrected chi connectivity index (χ2v) is 31.7. The highest BCUT2D eigenvalue weighted by molar-refractivity contribution is 6.11. The predicted octanol–water partition coefficient (Wildman–Crippen LogP) is 21.1. The van der Waals surface area contributed by atoms with Crippen molar-refractivity contribution in [3.8, 4) is 80.5 Å². The molecule has 25 heteroatoms. The lowest BCUT2D eigenvalue weighted by molar-refractivity contribution is -0.265. The van der Waals surface area contributed by atoms with Gasteiger partial charge < -0.3 is 88.2 Å². The molecule has 0 aliphatic carbocycles. The number of rotatable bonds is 33. The second kappa shape index (κ2) is 54.1. The fourth-order valence-corrected chi connectivity index (χ4v) is 13.9. The van der Waals surface area contributed by atoms with Gasteiger partial charge in [0.1, 0.15) is 159 Å². The van der Waals surface area contributed by atoms with Crippen molar-refractivity contribution >= 4 is 41.3 Å². The lowest BCUT2D eigenvalue weighted by Crippen LogP contribution is -2.58. The van der Waals surface area contributed by atoms with Gasteiger partial charge in [0.05, 0.1) is 35.0 Å². The highest BCUT2D eigenvalue weighted by Crippen LogP contribution is 2.39. The molecule has 0 bridgehead atoms. The van der Waals surface area contributed by atoms with Crippen LogP contribution in [0.5, 0.6) is 80.5 Å². The van der Waals surface area contributed by atoms with Crippen molar-refractivity contribution in [2.24, 2.45) is 0 Å². The summed E-state index contributed by atoms with van der Waals surface area (Å²) in [7, 11) is 6.37. The minimum absolute atomic E-state index is 0. The molecule has 1 aliphatic heterocycles. The molecule has 1 saturated heterocycles. The number of phenolic OH excluding ortho intramolecular Hbond substituents is 5. The average Bonchev–Trinajstić information content (AvgIpc) is 0.795. The van der Waals surface area contributed by atoms with Gasteiger partial charge in [-0.15, -0.1) is 0 Å². The molecule has 0 aromatic heterocycles. The zero-order valence-electron chi connectivity index (χ0n) is 77.5. The van der Waals surface area contributed by atoms with Crippen molar-refractivity contribution in [2.45, 2.75) is 139 Å². The number of carbonyl (C=O) groups excluding carboxylic acids is 6. The van der Waals surface area contributed by atoms with Crippen LogP contribution in [0.25, 0.3) is 6.08 Å². The molecule has 0 spiro atoms. The number of benzene rings is 13. The minimum atomic E-state index is -2.01. The zero-order valence-corrected chi connectivity index (χ0v) is 77.5. The van der Waals surface area contributed by atoms with Crippen molar-refractivity contribution in [2.75, 3.05) is 35.0 Å². The first-order valence-corrected chi connectivity index (χ1v) is 43.5. The number of aliphatic hydroxyl groups is 3. The van der Waals surface area contributed by atoms with Crippen LogP contribution in [0.4, 0.5) is 4.39 Å².